The largest absolute Gasteiger partial charge is 0.465 e. The van der Waals surface area contributed by atoms with Gasteiger partial charge in [0.15, 0.2) is 5.92 Å². The molecular formula is C22H21N3O2. The lowest BCUT2D eigenvalue weighted by atomic mass is 9.91. The summed E-state index contributed by atoms with van der Waals surface area (Å²) in [5.74, 6) is -1.53. The van der Waals surface area contributed by atoms with E-state index in [-0.39, 0.29) is 12.5 Å². The number of H-pyrrole nitrogens is 1. The fourth-order valence-corrected chi connectivity index (χ4v) is 3.10. The number of para-hydroxylation sites is 1. The van der Waals surface area contributed by atoms with Crippen LogP contribution < -0.4 is 0 Å². The zero-order valence-corrected chi connectivity index (χ0v) is 15.1. The van der Waals surface area contributed by atoms with Gasteiger partial charge in [-0.15, -0.1) is 0 Å². The first-order valence-electron chi connectivity index (χ1n) is 8.91. The Morgan fingerprint density at radius 1 is 1.22 bits per heavy atom. The standard InChI is InChI=1S/C22H21N3O2/c1-2-27-22(26)17(12-23)13-24-14-19(16-8-4-3-5-9-16)20-15-25-21-11-7-6-10-18(20)21/h3-11,13,15,17,19,25H,2,14H2,1H3/t17-,19-/m0/s1. The van der Waals surface area contributed by atoms with Gasteiger partial charge >= 0.3 is 5.97 Å². The second kappa shape index (κ2) is 8.81. The Bertz CT molecular complexity index is 970. The average Bonchev–Trinajstić information content (AvgIpc) is 3.13. The van der Waals surface area contributed by atoms with E-state index in [4.69, 9.17) is 4.74 Å². The molecule has 0 fully saturated rings. The quantitative estimate of drug-likeness (QED) is 0.510. The summed E-state index contributed by atoms with van der Waals surface area (Å²) in [5.41, 5.74) is 3.33. The van der Waals surface area contributed by atoms with Crippen molar-refractivity contribution >= 4 is 23.1 Å². The summed E-state index contributed by atoms with van der Waals surface area (Å²) >= 11 is 0. The van der Waals surface area contributed by atoms with Gasteiger partial charge in [0.25, 0.3) is 0 Å². The molecule has 2 atom stereocenters. The predicted octanol–water partition coefficient (Wildman–Crippen LogP) is 4.07. The zero-order chi connectivity index (χ0) is 19.1. The van der Waals surface area contributed by atoms with E-state index in [9.17, 15) is 10.1 Å². The lowest BCUT2D eigenvalue weighted by Gasteiger charge is -2.15. The molecule has 3 aromatic rings. The van der Waals surface area contributed by atoms with E-state index in [0.717, 1.165) is 22.0 Å². The molecule has 0 aliphatic rings. The van der Waals surface area contributed by atoms with E-state index >= 15 is 0 Å². The molecule has 5 heteroatoms. The van der Waals surface area contributed by atoms with Crippen LogP contribution in [0.3, 0.4) is 0 Å². The Hall–Kier alpha value is -3.39. The van der Waals surface area contributed by atoms with Gasteiger partial charge in [0.05, 0.1) is 12.7 Å². The Kier molecular flexibility index (Phi) is 6.01. The molecule has 136 valence electrons. The van der Waals surface area contributed by atoms with Crippen molar-refractivity contribution in [3.05, 3.63) is 71.9 Å². The highest BCUT2D eigenvalue weighted by Gasteiger charge is 2.19. The lowest BCUT2D eigenvalue weighted by Crippen LogP contribution is -2.18. The molecule has 2 aromatic carbocycles. The maximum Gasteiger partial charge on any atom is 0.328 e. The van der Waals surface area contributed by atoms with Crippen molar-refractivity contribution in [2.75, 3.05) is 13.2 Å². The van der Waals surface area contributed by atoms with Crippen LogP contribution in [0.2, 0.25) is 0 Å². The summed E-state index contributed by atoms with van der Waals surface area (Å²) in [5, 5.41) is 10.3. The van der Waals surface area contributed by atoms with Crippen LogP contribution in [0.1, 0.15) is 24.0 Å². The highest BCUT2D eigenvalue weighted by molar-refractivity contribution is 5.93. The van der Waals surface area contributed by atoms with E-state index in [1.807, 2.05) is 48.7 Å². The zero-order valence-electron chi connectivity index (χ0n) is 15.1. The van der Waals surface area contributed by atoms with E-state index in [0.29, 0.717) is 6.54 Å². The Morgan fingerprint density at radius 3 is 2.70 bits per heavy atom. The van der Waals surface area contributed by atoms with Crippen LogP contribution in [0, 0.1) is 17.2 Å². The number of carbonyl (C=O) groups is 1. The molecule has 0 saturated heterocycles. The third-order valence-corrected chi connectivity index (χ3v) is 4.42. The second-order valence-corrected chi connectivity index (χ2v) is 6.13. The number of nitrogens with one attached hydrogen (secondary N) is 1. The van der Waals surface area contributed by atoms with Gasteiger partial charge in [0.2, 0.25) is 0 Å². The van der Waals surface area contributed by atoms with Crippen molar-refractivity contribution in [1.82, 2.24) is 4.98 Å². The molecule has 1 aromatic heterocycles. The number of aliphatic imine (C=N–C) groups is 1. The number of esters is 1. The molecular weight excluding hydrogens is 338 g/mol. The van der Waals surface area contributed by atoms with Crippen LogP contribution >= 0.6 is 0 Å². The van der Waals surface area contributed by atoms with Crippen LogP contribution in [-0.2, 0) is 9.53 Å². The number of carbonyl (C=O) groups excluding carboxylic acids is 1. The number of nitrogens with zero attached hydrogens (tertiary/aromatic N) is 2. The van der Waals surface area contributed by atoms with Gasteiger partial charge in [0, 0.05) is 35.8 Å². The monoisotopic (exact) mass is 359 g/mol. The third-order valence-electron chi connectivity index (χ3n) is 4.42. The smallest absolute Gasteiger partial charge is 0.328 e. The minimum atomic E-state index is -0.982. The summed E-state index contributed by atoms with van der Waals surface area (Å²) in [6.07, 6.45) is 3.40. The highest BCUT2D eigenvalue weighted by Crippen LogP contribution is 2.31. The van der Waals surface area contributed by atoms with E-state index in [1.54, 1.807) is 6.92 Å². The molecule has 5 nitrogen and oxygen atoms in total. The van der Waals surface area contributed by atoms with E-state index < -0.39 is 11.9 Å². The molecule has 0 aliphatic heterocycles. The minimum absolute atomic E-state index is 0.0140. The first kappa shape index (κ1) is 18.4. The van der Waals surface area contributed by atoms with Crippen molar-refractivity contribution < 1.29 is 9.53 Å². The number of aromatic nitrogens is 1. The van der Waals surface area contributed by atoms with Crippen LogP contribution in [0.5, 0.6) is 0 Å². The molecule has 0 aliphatic carbocycles. The van der Waals surface area contributed by atoms with Gasteiger partial charge in [-0.25, -0.2) is 0 Å². The SMILES string of the molecule is CCOC(=O)[C@@H](C#N)C=NC[C@@H](c1ccccc1)c1c[nH]c2ccccc12. The van der Waals surface area contributed by atoms with Crippen LogP contribution in [0.15, 0.2) is 65.8 Å². The number of benzene rings is 2. The fraction of sp³-hybridized carbons (Fsp3) is 0.227. The topological polar surface area (TPSA) is 78.2 Å². The van der Waals surface area contributed by atoms with Crippen LogP contribution in [0.4, 0.5) is 0 Å². The highest BCUT2D eigenvalue weighted by atomic mass is 16.5. The van der Waals surface area contributed by atoms with Gasteiger partial charge in [0.1, 0.15) is 0 Å². The molecule has 0 radical (unpaired) electrons. The molecule has 27 heavy (non-hydrogen) atoms. The number of aromatic amines is 1. The molecule has 1 heterocycles. The Morgan fingerprint density at radius 2 is 1.96 bits per heavy atom. The normalized spacial score (nSPS) is 13.3. The minimum Gasteiger partial charge on any atom is -0.465 e. The molecule has 0 amide bonds. The van der Waals surface area contributed by atoms with Crippen LogP contribution in [-0.4, -0.2) is 30.3 Å². The van der Waals surface area contributed by atoms with Crippen LogP contribution in [0.25, 0.3) is 10.9 Å². The molecule has 0 unspecified atom stereocenters. The molecule has 0 bridgehead atoms. The van der Waals surface area contributed by atoms with Crippen molar-refractivity contribution in [2.24, 2.45) is 10.9 Å². The average molecular weight is 359 g/mol. The van der Waals surface area contributed by atoms with Gasteiger partial charge in [-0.2, -0.15) is 5.26 Å². The number of ether oxygens (including phenoxy) is 1. The Labute approximate surface area is 158 Å². The van der Waals surface area contributed by atoms with Crippen molar-refractivity contribution in [3.8, 4) is 6.07 Å². The number of nitriles is 1. The molecule has 1 N–H and O–H groups in total. The van der Waals surface area contributed by atoms with Gasteiger partial charge in [-0.3, -0.25) is 9.79 Å². The van der Waals surface area contributed by atoms with Crippen molar-refractivity contribution in [1.29, 1.82) is 5.26 Å². The maximum absolute atomic E-state index is 11.8. The summed E-state index contributed by atoms with van der Waals surface area (Å²) in [4.78, 5) is 19.5. The Balaban J connectivity index is 1.89. The lowest BCUT2D eigenvalue weighted by molar-refractivity contribution is -0.143. The van der Waals surface area contributed by atoms with Gasteiger partial charge in [-0.05, 0) is 24.1 Å². The summed E-state index contributed by atoms with van der Waals surface area (Å²) in [6, 6.07) is 20.2. The van der Waals surface area contributed by atoms with E-state index in [1.165, 1.54) is 6.21 Å². The van der Waals surface area contributed by atoms with E-state index in [2.05, 4.69) is 28.2 Å². The van der Waals surface area contributed by atoms with Gasteiger partial charge < -0.3 is 9.72 Å². The number of hydrogen-bond donors (Lipinski definition) is 1. The third kappa shape index (κ3) is 4.24. The summed E-state index contributed by atoms with van der Waals surface area (Å²) in [7, 11) is 0. The summed E-state index contributed by atoms with van der Waals surface area (Å²) in [6.45, 7) is 2.39. The number of hydrogen-bond acceptors (Lipinski definition) is 4. The molecule has 0 spiro atoms. The fourth-order valence-electron chi connectivity index (χ4n) is 3.10. The van der Waals surface area contributed by atoms with Crippen molar-refractivity contribution in [2.45, 2.75) is 12.8 Å². The first-order chi connectivity index (χ1) is 13.2. The number of fused-ring (bicyclic) bond motifs is 1. The molecule has 0 saturated carbocycles. The second-order valence-electron chi connectivity index (χ2n) is 6.13. The predicted molar refractivity (Wildman–Crippen MR) is 106 cm³/mol. The summed E-state index contributed by atoms with van der Waals surface area (Å²) < 4.78 is 4.91. The number of rotatable bonds is 7. The van der Waals surface area contributed by atoms with Crippen molar-refractivity contribution in [3.63, 3.8) is 0 Å². The maximum atomic E-state index is 11.8. The van der Waals surface area contributed by atoms with Gasteiger partial charge in [-0.1, -0.05) is 48.5 Å². The molecule has 3 rings (SSSR count). The first-order valence-corrected chi connectivity index (χ1v) is 8.91.